The summed E-state index contributed by atoms with van der Waals surface area (Å²) in [5, 5.41) is 25.7. The summed E-state index contributed by atoms with van der Waals surface area (Å²) in [6.07, 6.45) is 7.83. The maximum Gasteiger partial charge on any atom is 0.232 e. The van der Waals surface area contributed by atoms with E-state index in [1.807, 2.05) is 38.1 Å². The zero-order valence-electron chi connectivity index (χ0n) is 21.2. The zero-order chi connectivity index (χ0) is 26.5. The average molecular weight is 549 g/mol. The second-order valence-electron chi connectivity index (χ2n) is 9.56. The third kappa shape index (κ3) is 6.81. The molecule has 0 bridgehead atoms. The van der Waals surface area contributed by atoms with Gasteiger partial charge in [0.2, 0.25) is 22.1 Å². The van der Waals surface area contributed by atoms with Crippen LogP contribution in [0, 0.1) is 13.8 Å². The van der Waals surface area contributed by atoms with Crippen LogP contribution in [0.1, 0.15) is 70.0 Å². The standard InChI is InChI=1S/C26H28N8O2S2/c1-15-6-8-19(27-13-15)11-21(35)29-25-33-31-23(37-25)17-4-3-5-18(10-17)24-32-34-26(38-24)30-22(36)12-20-9-7-16(2)14-28-20/h6-9,13-14,17-18H,3-5,10-12H2,1-2H3,(H,29,33,35)(H,30,34,36)/t17-,18-/m0/s1. The maximum atomic E-state index is 12.4. The second-order valence-corrected chi connectivity index (χ2v) is 11.6. The van der Waals surface area contributed by atoms with Gasteiger partial charge in [-0.25, -0.2) is 0 Å². The molecule has 1 fully saturated rings. The molecule has 1 aliphatic rings. The molecule has 2 atom stereocenters. The van der Waals surface area contributed by atoms with Crippen molar-refractivity contribution in [2.24, 2.45) is 0 Å². The fraction of sp³-hybridized carbons (Fsp3) is 0.385. The molecular formula is C26H28N8O2S2. The molecule has 0 aromatic carbocycles. The predicted octanol–water partition coefficient (Wildman–Crippen LogP) is 4.60. The molecule has 0 aliphatic heterocycles. The number of nitrogens with zero attached hydrogens (tertiary/aromatic N) is 6. The molecule has 2 amide bonds. The quantitative estimate of drug-likeness (QED) is 0.326. The van der Waals surface area contributed by atoms with Crippen LogP contribution in [0.5, 0.6) is 0 Å². The summed E-state index contributed by atoms with van der Waals surface area (Å²) < 4.78 is 0. The first-order valence-electron chi connectivity index (χ1n) is 12.5. The highest BCUT2D eigenvalue weighted by Crippen LogP contribution is 2.43. The van der Waals surface area contributed by atoms with Gasteiger partial charge in [0.15, 0.2) is 0 Å². The number of aryl methyl sites for hydroxylation is 2. The summed E-state index contributed by atoms with van der Waals surface area (Å²) in [4.78, 5) is 33.4. The molecule has 38 heavy (non-hydrogen) atoms. The van der Waals surface area contributed by atoms with Gasteiger partial charge in [0.05, 0.1) is 12.8 Å². The van der Waals surface area contributed by atoms with Gasteiger partial charge < -0.3 is 10.6 Å². The molecule has 0 saturated heterocycles. The highest BCUT2D eigenvalue weighted by atomic mass is 32.1. The number of carbonyl (C=O) groups is 2. The lowest BCUT2D eigenvalue weighted by atomic mass is 9.82. The summed E-state index contributed by atoms with van der Waals surface area (Å²) in [5.41, 5.74) is 3.54. The van der Waals surface area contributed by atoms with Crippen molar-refractivity contribution in [2.75, 3.05) is 10.6 Å². The Labute approximate surface area is 228 Å². The van der Waals surface area contributed by atoms with Crippen LogP contribution < -0.4 is 10.6 Å². The highest BCUT2D eigenvalue weighted by molar-refractivity contribution is 7.15. The summed E-state index contributed by atoms with van der Waals surface area (Å²) in [6.45, 7) is 3.92. The average Bonchev–Trinajstić information content (AvgIpc) is 3.57. The van der Waals surface area contributed by atoms with Gasteiger partial charge in [-0.05, 0) is 56.4 Å². The van der Waals surface area contributed by atoms with E-state index in [9.17, 15) is 9.59 Å². The zero-order valence-corrected chi connectivity index (χ0v) is 22.8. The van der Waals surface area contributed by atoms with Crippen LogP contribution in [0.2, 0.25) is 0 Å². The second kappa shape index (κ2) is 11.8. The van der Waals surface area contributed by atoms with Crippen molar-refractivity contribution in [3.63, 3.8) is 0 Å². The van der Waals surface area contributed by atoms with Crippen molar-refractivity contribution in [3.05, 3.63) is 69.2 Å². The van der Waals surface area contributed by atoms with E-state index < -0.39 is 0 Å². The fourth-order valence-electron chi connectivity index (χ4n) is 4.40. The molecular weight excluding hydrogens is 520 g/mol. The van der Waals surface area contributed by atoms with Gasteiger partial charge in [0, 0.05) is 35.6 Å². The Morgan fingerprint density at radius 1 is 0.763 bits per heavy atom. The summed E-state index contributed by atoms with van der Waals surface area (Å²) in [5.74, 6) is 0.162. The Morgan fingerprint density at radius 3 is 1.66 bits per heavy atom. The topological polar surface area (TPSA) is 136 Å². The smallest absolute Gasteiger partial charge is 0.232 e. The van der Waals surface area contributed by atoms with Crippen LogP contribution in [0.3, 0.4) is 0 Å². The number of pyridine rings is 2. The van der Waals surface area contributed by atoms with Crippen molar-refractivity contribution in [3.8, 4) is 0 Å². The number of nitrogens with one attached hydrogen (secondary N) is 2. The van der Waals surface area contributed by atoms with E-state index in [-0.39, 0.29) is 36.5 Å². The first kappa shape index (κ1) is 26.0. The van der Waals surface area contributed by atoms with E-state index in [1.165, 1.54) is 22.7 Å². The van der Waals surface area contributed by atoms with Gasteiger partial charge in [0.1, 0.15) is 10.0 Å². The number of hydrogen-bond acceptors (Lipinski definition) is 10. The molecule has 12 heteroatoms. The van der Waals surface area contributed by atoms with E-state index >= 15 is 0 Å². The van der Waals surface area contributed by atoms with Gasteiger partial charge >= 0.3 is 0 Å². The molecule has 0 unspecified atom stereocenters. The van der Waals surface area contributed by atoms with Crippen LogP contribution in [0.25, 0.3) is 0 Å². The summed E-state index contributed by atoms with van der Waals surface area (Å²) in [6, 6.07) is 7.59. The monoisotopic (exact) mass is 548 g/mol. The fourth-order valence-corrected chi connectivity index (χ4v) is 6.21. The Balaban J connectivity index is 1.14. The van der Waals surface area contributed by atoms with E-state index in [0.717, 1.165) is 46.8 Å². The molecule has 4 aromatic rings. The van der Waals surface area contributed by atoms with Crippen molar-refractivity contribution in [1.29, 1.82) is 0 Å². The minimum Gasteiger partial charge on any atom is -0.300 e. The van der Waals surface area contributed by atoms with Crippen molar-refractivity contribution in [2.45, 2.75) is 64.2 Å². The Kier molecular flexibility index (Phi) is 8.08. The number of aromatic nitrogens is 6. The van der Waals surface area contributed by atoms with E-state index in [1.54, 1.807) is 12.4 Å². The number of anilines is 2. The Bertz CT molecular complexity index is 1300. The molecule has 0 radical (unpaired) electrons. The number of hydrogen-bond donors (Lipinski definition) is 2. The molecule has 1 aliphatic carbocycles. The molecule has 4 heterocycles. The maximum absolute atomic E-state index is 12.4. The molecule has 196 valence electrons. The third-order valence-electron chi connectivity index (χ3n) is 6.38. The first-order valence-corrected chi connectivity index (χ1v) is 14.1. The summed E-state index contributed by atoms with van der Waals surface area (Å²) in [7, 11) is 0. The Morgan fingerprint density at radius 2 is 1.24 bits per heavy atom. The van der Waals surface area contributed by atoms with E-state index in [2.05, 4.69) is 41.0 Å². The lowest BCUT2D eigenvalue weighted by Crippen LogP contribution is -2.15. The summed E-state index contributed by atoms with van der Waals surface area (Å²) >= 11 is 2.85. The van der Waals surface area contributed by atoms with Gasteiger partial charge in [0.25, 0.3) is 0 Å². The molecule has 4 aromatic heterocycles. The van der Waals surface area contributed by atoms with Gasteiger partial charge in [-0.3, -0.25) is 19.6 Å². The van der Waals surface area contributed by atoms with Crippen molar-refractivity contribution >= 4 is 44.8 Å². The SMILES string of the molecule is Cc1ccc(CC(=O)Nc2nnc([C@H]3CCC[C@H](c4nnc(NC(=O)Cc5ccc(C)cn5)s4)C3)s2)nc1. The van der Waals surface area contributed by atoms with Crippen LogP contribution in [-0.2, 0) is 22.4 Å². The minimum atomic E-state index is -0.160. The van der Waals surface area contributed by atoms with E-state index in [4.69, 9.17) is 0 Å². The Hall–Kier alpha value is -3.64. The van der Waals surface area contributed by atoms with Gasteiger partial charge in [-0.2, -0.15) is 0 Å². The molecule has 0 spiro atoms. The molecule has 2 N–H and O–H groups in total. The van der Waals surface area contributed by atoms with Crippen LogP contribution in [0.4, 0.5) is 10.3 Å². The normalized spacial score (nSPS) is 17.2. The van der Waals surface area contributed by atoms with Gasteiger partial charge in [-0.15, -0.1) is 20.4 Å². The molecule has 10 nitrogen and oxygen atoms in total. The van der Waals surface area contributed by atoms with Crippen molar-refractivity contribution in [1.82, 2.24) is 30.4 Å². The predicted molar refractivity (Wildman–Crippen MR) is 146 cm³/mol. The number of rotatable bonds is 8. The highest BCUT2D eigenvalue weighted by Gasteiger charge is 2.29. The number of carbonyl (C=O) groups excluding carboxylic acids is 2. The first-order chi connectivity index (χ1) is 18.4. The van der Waals surface area contributed by atoms with Crippen LogP contribution in [0.15, 0.2) is 36.7 Å². The largest absolute Gasteiger partial charge is 0.300 e. The van der Waals surface area contributed by atoms with Gasteiger partial charge in [-0.1, -0.05) is 41.2 Å². The molecule has 1 saturated carbocycles. The lowest BCUT2D eigenvalue weighted by Gasteiger charge is -2.25. The van der Waals surface area contributed by atoms with E-state index in [0.29, 0.717) is 21.7 Å². The third-order valence-corrected chi connectivity index (χ3v) is 8.38. The van der Waals surface area contributed by atoms with Crippen molar-refractivity contribution < 1.29 is 9.59 Å². The minimum absolute atomic E-state index is 0.160. The number of amides is 2. The molecule has 5 rings (SSSR count). The van der Waals surface area contributed by atoms with Crippen LogP contribution in [-0.4, -0.2) is 42.2 Å². The van der Waals surface area contributed by atoms with Crippen LogP contribution >= 0.6 is 22.7 Å². The lowest BCUT2D eigenvalue weighted by molar-refractivity contribution is -0.116.